The zero-order valence-electron chi connectivity index (χ0n) is 13.3. The molecule has 0 amide bonds. The Morgan fingerprint density at radius 3 is 2.19 bits per heavy atom. The monoisotopic (exact) mass is 291 g/mol. The maximum Gasteiger partial charge on any atom is 0.305 e. The van der Waals surface area contributed by atoms with Crippen molar-refractivity contribution < 1.29 is 9.90 Å². The summed E-state index contributed by atoms with van der Waals surface area (Å²) in [5, 5.41) is 8.87. The highest BCUT2D eigenvalue weighted by Gasteiger charge is 2.08. The Morgan fingerprint density at radius 2 is 1.57 bits per heavy atom. The average Bonchev–Trinajstić information content (AvgIpc) is 2.50. The van der Waals surface area contributed by atoms with Crippen molar-refractivity contribution in [1.82, 2.24) is 0 Å². The van der Waals surface area contributed by atoms with Crippen molar-refractivity contribution in [3.8, 4) is 0 Å². The molecule has 0 unspecified atom stereocenters. The smallest absolute Gasteiger partial charge is 0.305 e. The van der Waals surface area contributed by atoms with Crippen LogP contribution in [0, 0.1) is 0 Å². The second-order valence-corrected chi connectivity index (χ2v) is 5.59. The third-order valence-electron chi connectivity index (χ3n) is 3.75. The molecular formula is C18H29NO2. The van der Waals surface area contributed by atoms with Crippen LogP contribution in [0.15, 0.2) is 30.3 Å². The predicted octanol–water partition coefficient (Wildman–Crippen LogP) is 4.72. The highest BCUT2D eigenvalue weighted by atomic mass is 16.4. The van der Waals surface area contributed by atoms with Gasteiger partial charge < -0.3 is 10.0 Å². The van der Waals surface area contributed by atoms with E-state index < -0.39 is 5.97 Å². The maximum absolute atomic E-state index is 10.8. The zero-order valence-corrected chi connectivity index (χ0v) is 13.3. The number of nitrogens with zero attached hydrogens (tertiary/aromatic N) is 1. The van der Waals surface area contributed by atoms with Gasteiger partial charge in [0.2, 0.25) is 0 Å². The minimum atomic E-state index is -0.726. The van der Waals surface area contributed by atoms with Crippen LogP contribution in [0.25, 0.3) is 0 Å². The second kappa shape index (κ2) is 11.2. The molecule has 3 heteroatoms. The van der Waals surface area contributed by atoms with Crippen LogP contribution in [0.3, 0.4) is 0 Å². The first-order valence-corrected chi connectivity index (χ1v) is 8.26. The summed E-state index contributed by atoms with van der Waals surface area (Å²) >= 11 is 0. The molecule has 0 aliphatic carbocycles. The van der Waals surface area contributed by atoms with E-state index in [1.807, 2.05) is 18.2 Å². The number of carbonyl (C=O) groups is 1. The van der Waals surface area contributed by atoms with Gasteiger partial charge in [-0.25, -0.2) is 0 Å². The number of hydrogen-bond acceptors (Lipinski definition) is 2. The van der Waals surface area contributed by atoms with E-state index in [1.54, 1.807) is 0 Å². The van der Waals surface area contributed by atoms with Crippen LogP contribution in [-0.4, -0.2) is 24.2 Å². The quantitative estimate of drug-likeness (QED) is 0.567. The molecule has 0 radical (unpaired) electrons. The molecule has 21 heavy (non-hydrogen) atoms. The average molecular weight is 291 g/mol. The van der Waals surface area contributed by atoms with Gasteiger partial charge in [0.15, 0.2) is 0 Å². The van der Waals surface area contributed by atoms with Crippen molar-refractivity contribution in [2.45, 2.75) is 58.3 Å². The Morgan fingerprint density at radius 1 is 0.952 bits per heavy atom. The van der Waals surface area contributed by atoms with Gasteiger partial charge >= 0.3 is 5.97 Å². The molecule has 3 nitrogen and oxygen atoms in total. The Balaban J connectivity index is 2.31. The number of carboxylic acid groups (broad SMARTS) is 1. The van der Waals surface area contributed by atoms with Gasteiger partial charge in [0.25, 0.3) is 0 Å². The summed E-state index contributed by atoms with van der Waals surface area (Å²) in [6.07, 6.45) is 9.17. The summed E-state index contributed by atoms with van der Waals surface area (Å²) in [4.78, 5) is 13.0. The van der Waals surface area contributed by atoms with E-state index in [1.165, 1.54) is 38.5 Å². The van der Waals surface area contributed by atoms with Gasteiger partial charge in [0.1, 0.15) is 0 Å². The Hall–Kier alpha value is -1.51. The first-order valence-electron chi connectivity index (χ1n) is 8.26. The normalized spacial score (nSPS) is 10.5. The van der Waals surface area contributed by atoms with E-state index in [4.69, 9.17) is 5.11 Å². The number of para-hydroxylation sites is 1. The van der Waals surface area contributed by atoms with E-state index in [0.717, 1.165) is 18.7 Å². The lowest BCUT2D eigenvalue weighted by Crippen LogP contribution is -2.27. The highest BCUT2D eigenvalue weighted by molar-refractivity contribution is 5.67. The first-order chi connectivity index (χ1) is 10.2. The summed E-state index contributed by atoms with van der Waals surface area (Å²) < 4.78 is 0. The van der Waals surface area contributed by atoms with Crippen LogP contribution in [0.4, 0.5) is 5.69 Å². The Labute approximate surface area is 129 Å². The van der Waals surface area contributed by atoms with E-state index in [2.05, 4.69) is 24.0 Å². The van der Waals surface area contributed by atoms with Gasteiger partial charge in [0.05, 0.1) is 6.42 Å². The number of carboxylic acids is 1. The van der Waals surface area contributed by atoms with Crippen LogP contribution >= 0.6 is 0 Å². The highest BCUT2D eigenvalue weighted by Crippen LogP contribution is 2.15. The van der Waals surface area contributed by atoms with E-state index in [0.29, 0.717) is 6.54 Å². The molecule has 1 aromatic rings. The van der Waals surface area contributed by atoms with Gasteiger partial charge in [-0.05, 0) is 18.6 Å². The molecule has 0 saturated carbocycles. The molecule has 0 aliphatic rings. The van der Waals surface area contributed by atoms with Gasteiger partial charge in [-0.3, -0.25) is 4.79 Å². The van der Waals surface area contributed by atoms with Crippen molar-refractivity contribution in [2.24, 2.45) is 0 Å². The molecule has 0 heterocycles. The molecule has 0 atom stereocenters. The number of anilines is 1. The molecule has 0 spiro atoms. The molecular weight excluding hydrogens is 262 g/mol. The van der Waals surface area contributed by atoms with Crippen LogP contribution in [-0.2, 0) is 4.79 Å². The molecule has 0 bridgehead atoms. The molecule has 0 aliphatic heterocycles. The lowest BCUT2D eigenvalue weighted by atomic mass is 10.1. The number of rotatable bonds is 12. The molecule has 118 valence electrons. The first kappa shape index (κ1) is 17.5. The van der Waals surface area contributed by atoms with Crippen molar-refractivity contribution in [2.75, 3.05) is 18.0 Å². The summed E-state index contributed by atoms with van der Waals surface area (Å²) in [5.41, 5.74) is 1.13. The van der Waals surface area contributed by atoms with E-state index in [-0.39, 0.29) is 6.42 Å². The standard InChI is InChI=1S/C18H29NO2/c1-2-3-4-5-6-7-11-15-19(16-14-18(20)21)17-12-9-8-10-13-17/h8-10,12-13H,2-7,11,14-16H2,1H3,(H,20,21). The number of unbranched alkanes of at least 4 members (excludes halogenated alkanes) is 6. The number of aliphatic carboxylic acids is 1. The van der Waals surface area contributed by atoms with Gasteiger partial charge in [0, 0.05) is 18.8 Å². The third-order valence-corrected chi connectivity index (χ3v) is 3.75. The fraction of sp³-hybridized carbons (Fsp3) is 0.611. The summed E-state index contributed by atoms with van der Waals surface area (Å²) in [6, 6.07) is 10.1. The maximum atomic E-state index is 10.8. The molecule has 0 aromatic heterocycles. The van der Waals surface area contributed by atoms with Crippen LogP contribution in [0.5, 0.6) is 0 Å². The SMILES string of the molecule is CCCCCCCCCN(CCC(=O)O)c1ccccc1. The molecule has 1 rings (SSSR count). The van der Waals surface area contributed by atoms with Gasteiger partial charge in [-0.15, -0.1) is 0 Å². The van der Waals surface area contributed by atoms with Crippen LogP contribution in [0.2, 0.25) is 0 Å². The van der Waals surface area contributed by atoms with Crippen molar-refractivity contribution in [3.05, 3.63) is 30.3 Å². The van der Waals surface area contributed by atoms with E-state index in [9.17, 15) is 4.79 Å². The zero-order chi connectivity index (χ0) is 15.3. The van der Waals surface area contributed by atoms with Crippen molar-refractivity contribution in [3.63, 3.8) is 0 Å². The van der Waals surface area contributed by atoms with E-state index >= 15 is 0 Å². The Bertz CT molecular complexity index is 378. The number of benzene rings is 1. The van der Waals surface area contributed by atoms with Crippen molar-refractivity contribution in [1.29, 1.82) is 0 Å². The van der Waals surface area contributed by atoms with Crippen LogP contribution in [0.1, 0.15) is 58.3 Å². The molecule has 0 fully saturated rings. The molecule has 1 N–H and O–H groups in total. The molecule has 0 saturated heterocycles. The van der Waals surface area contributed by atoms with Gasteiger partial charge in [-0.1, -0.05) is 63.6 Å². The van der Waals surface area contributed by atoms with Crippen LogP contribution < -0.4 is 4.90 Å². The Kier molecular flexibility index (Phi) is 9.34. The van der Waals surface area contributed by atoms with Crippen molar-refractivity contribution >= 4 is 11.7 Å². The largest absolute Gasteiger partial charge is 0.481 e. The van der Waals surface area contributed by atoms with Gasteiger partial charge in [-0.2, -0.15) is 0 Å². The third kappa shape index (κ3) is 8.38. The number of hydrogen-bond donors (Lipinski definition) is 1. The fourth-order valence-electron chi connectivity index (χ4n) is 2.50. The minimum Gasteiger partial charge on any atom is -0.481 e. The second-order valence-electron chi connectivity index (χ2n) is 5.59. The summed E-state index contributed by atoms with van der Waals surface area (Å²) in [6.45, 7) is 3.78. The summed E-state index contributed by atoms with van der Waals surface area (Å²) in [5.74, 6) is -0.726. The topological polar surface area (TPSA) is 40.5 Å². The fourth-order valence-corrected chi connectivity index (χ4v) is 2.50. The minimum absolute atomic E-state index is 0.200. The lowest BCUT2D eigenvalue weighted by Gasteiger charge is -2.24. The predicted molar refractivity (Wildman–Crippen MR) is 88.9 cm³/mol. The lowest BCUT2D eigenvalue weighted by molar-refractivity contribution is -0.136. The molecule has 1 aromatic carbocycles. The summed E-state index contributed by atoms with van der Waals surface area (Å²) in [7, 11) is 0.